The number of aliphatic hydroxyl groups is 1. The van der Waals surface area contributed by atoms with Crippen molar-refractivity contribution in [1.82, 2.24) is 0 Å². The molecule has 2 aliphatic rings. The van der Waals surface area contributed by atoms with Crippen LogP contribution in [-0.2, 0) is 4.74 Å². The zero-order valence-corrected chi connectivity index (χ0v) is 13.1. The second kappa shape index (κ2) is 5.34. The van der Waals surface area contributed by atoms with E-state index < -0.39 is 0 Å². The zero-order valence-electron chi connectivity index (χ0n) is 12.2. The highest BCUT2D eigenvalue weighted by Crippen LogP contribution is 2.45. The first kappa shape index (κ1) is 14.7. The predicted octanol–water partition coefficient (Wildman–Crippen LogP) is 3.47. The average Bonchev–Trinajstić information content (AvgIpc) is 2.48. The van der Waals surface area contributed by atoms with E-state index in [1.54, 1.807) is 0 Å². The van der Waals surface area contributed by atoms with Crippen LogP contribution in [-0.4, -0.2) is 33.9 Å². The minimum atomic E-state index is -0.199. The molecule has 0 aromatic rings. The smallest absolute Gasteiger partial charge is 0.0687 e. The summed E-state index contributed by atoms with van der Waals surface area (Å²) in [4.78, 5) is 0. The molecule has 2 atom stereocenters. The van der Waals surface area contributed by atoms with Crippen LogP contribution >= 0.6 is 11.8 Å². The summed E-state index contributed by atoms with van der Waals surface area (Å²) >= 11 is 2.05. The van der Waals surface area contributed by atoms with E-state index in [9.17, 15) is 5.11 Å². The fourth-order valence-corrected chi connectivity index (χ4v) is 4.90. The molecule has 3 heteroatoms. The van der Waals surface area contributed by atoms with E-state index in [0.717, 1.165) is 18.8 Å². The summed E-state index contributed by atoms with van der Waals surface area (Å²) < 4.78 is 6.09. The molecule has 2 heterocycles. The number of hydrogen-bond donors (Lipinski definition) is 1. The van der Waals surface area contributed by atoms with Crippen LogP contribution in [0.25, 0.3) is 0 Å². The summed E-state index contributed by atoms with van der Waals surface area (Å²) in [7, 11) is 0. The summed E-state index contributed by atoms with van der Waals surface area (Å²) in [6.07, 6.45) is 4.30. The van der Waals surface area contributed by atoms with Crippen molar-refractivity contribution >= 4 is 11.8 Å². The number of rotatable bonds is 3. The molecule has 2 unspecified atom stereocenters. The zero-order chi connectivity index (χ0) is 13.4. The van der Waals surface area contributed by atoms with Gasteiger partial charge in [-0.3, -0.25) is 0 Å². The monoisotopic (exact) mass is 272 g/mol. The normalized spacial score (nSPS) is 33.5. The Balaban J connectivity index is 1.93. The summed E-state index contributed by atoms with van der Waals surface area (Å²) in [5.41, 5.74) is -0.274. The van der Waals surface area contributed by atoms with E-state index in [1.165, 1.54) is 24.3 Å². The highest BCUT2D eigenvalue weighted by molar-refractivity contribution is 7.99. The molecule has 106 valence electrons. The molecule has 2 rings (SSSR count). The lowest BCUT2D eigenvalue weighted by molar-refractivity contribution is -0.0894. The molecule has 0 bridgehead atoms. The SMILES string of the molecule is CC1(C)CC(C(O)CC2CCSCC2)C(C)(C)O1. The molecule has 0 radical (unpaired) electrons. The van der Waals surface area contributed by atoms with Crippen molar-refractivity contribution in [3.05, 3.63) is 0 Å². The minimum absolute atomic E-state index is 0.0858. The van der Waals surface area contributed by atoms with Gasteiger partial charge in [0.25, 0.3) is 0 Å². The number of thioether (sulfide) groups is 1. The van der Waals surface area contributed by atoms with Crippen LogP contribution in [0.4, 0.5) is 0 Å². The van der Waals surface area contributed by atoms with Gasteiger partial charge < -0.3 is 9.84 Å². The Kier molecular flexibility index (Phi) is 4.35. The van der Waals surface area contributed by atoms with Crippen LogP contribution in [0.1, 0.15) is 53.4 Å². The van der Waals surface area contributed by atoms with E-state index in [-0.39, 0.29) is 23.2 Å². The molecule has 0 spiro atoms. The standard InChI is InChI=1S/C15H28O2S/c1-14(2)10-12(15(3,4)17-14)13(16)9-11-5-7-18-8-6-11/h11-13,16H,5-10H2,1-4H3. The van der Waals surface area contributed by atoms with Gasteiger partial charge in [0.15, 0.2) is 0 Å². The summed E-state index contributed by atoms with van der Waals surface area (Å²) in [5.74, 6) is 3.55. The highest BCUT2D eigenvalue weighted by atomic mass is 32.2. The molecule has 0 aromatic carbocycles. The van der Waals surface area contributed by atoms with E-state index in [2.05, 4.69) is 39.5 Å². The van der Waals surface area contributed by atoms with Crippen molar-refractivity contribution in [2.24, 2.45) is 11.8 Å². The molecule has 0 aliphatic carbocycles. The maximum absolute atomic E-state index is 10.6. The van der Waals surface area contributed by atoms with Crippen LogP contribution in [0.15, 0.2) is 0 Å². The lowest BCUT2D eigenvalue weighted by Crippen LogP contribution is -2.37. The maximum atomic E-state index is 10.6. The Morgan fingerprint density at radius 1 is 1.22 bits per heavy atom. The molecule has 1 N–H and O–H groups in total. The summed E-state index contributed by atoms with van der Waals surface area (Å²) in [5, 5.41) is 10.6. The second-order valence-electron chi connectivity index (χ2n) is 7.13. The molecular formula is C15H28O2S. The molecule has 0 aromatic heterocycles. The van der Waals surface area contributed by atoms with Crippen molar-refractivity contribution in [2.45, 2.75) is 70.7 Å². The molecule has 0 saturated carbocycles. The van der Waals surface area contributed by atoms with Gasteiger partial charge in [-0.15, -0.1) is 0 Å². The van der Waals surface area contributed by atoms with Crippen LogP contribution in [0.5, 0.6) is 0 Å². The highest BCUT2D eigenvalue weighted by Gasteiger charge is 2.48. The molecule has 2 nitrogen and oxygen atoms in total. The van der Waals surface area contributed by atoms with Gasteiger partial charge in [0.05, 0.1) is 17.3 Å². The Morgan fingerprint density at radius 2 is 1.83 bits per heavy atom. The molecule has 18 heavy (non-hydrogen) atoms. The van der Waals surface area contributed by atoms with Gasteiger partial charge in [0.1, 0.15) is 0 Å². The van der Waals surface area contributed by atoms with Crippen LogP contribution in [0.3, 0.4) is 0 Å². The second-order valence-corrected chi connectivity index (χ2v) is 8.36. The molecule has 2 aliphatic heterocycles. The molecule has 2 saturated heterocycles. The summed E-state index contributed by atoms with van der Waals surface area (Å²) in [6.45, 7) is 8.54. The molecular weight excluding hydrogens is 244 g/mol. The number of aliphatic hydroxyl groups excluding tert-OH is 1. The summed E-state index contributed by atoms with van der Waals surface area (Å²) in [6, 6.07) is 0. The molecule has 0 amide bonds. The van der Waals surface area contributed by atoms with Gasteiger partial charge in [-0.25, -0.2) is 0 Å². The Bertz CT molecular complexity index is 282. The van der Waals surface area contributed by atoms with E-state index in [4.69, 9.17) is 4.74 Å². The van der Waals surface area contributed by atoms with Crippen molar-refractivity contribution < 1.29 is 9.84 Å². The third kappa shape index (κ3) is 3.43. The van der Waals surface area contributed by atoms with Gasteiger partial charge in [-0.05, 0) is 70.8 Å². The first-order chi connectivity index (χ1) is 8.30. The van der Waals surface area contributed by atoms with Crippen LogP contribution < -0.4 is 0 Å². The topological polar surface area (TPSA) is 29.5 Å². The van der Waals surface area contributed by atoms with Gasteiger partial charge >= 0.3 is 0 Å². The Hall–Kier alpha value is 0.270. The number of hydrogen-bond acceptors (Lipinski definition) is 3. The van der Waals surface area contributed by atoms with Crippen LogP contribution in [0, 0.1) is 11.8 Å². The van der Waals surface area contributed by atoms with Gasteiger partial charge in [-0.2, -0.15) is 11.8 Å². The van der Waals surface area contributed by atoms with Gasteiger partial charge in [0, 0.05) is 5.92 Å². The van der Waals surface area contributed by atoms with Crippen molar-refractivity contribution in [3.8, 4) is 0 Å². The Morgan fingerprint density at radius 3 is 2.33 bits per heavy atom. The fourth-order valence-electron chi connectivity index (χ4n) is 3.69. The number of ether oxygens (including phenoxy) is 1. The van der Waals surface area contributed by atoms with Gasteiger partial charge in [-0.1, -0.05) is 0 Å². The third-order valence-electron chi connectivity index (χ3n) is 4.52. The van der Waals surface area contributed by atoms with Crippen molar-refractivity contribution in [2.75, 3.05) is 11.5 Å². The Labute approximate surface area is 116 Å². The first-order valence-corrected chi connectivity index (χ1v) is 8.42. The minimum Gasteiger partial charge on any atom is -0.393 e. The van der Waals surface area contributed by atoms with Crippen molar-refractivity contribution in [3.63, 3.8) is 0 Å². The van der Waals surface area contributed by atoms with E-state index >= 15 is 0 Å². The quantitative estimate of drug-likeness (QED) is 0.853. The van der Waals surface area contributed by atoms with E-state index in [1.807, 2.05) is 0 Å². The predicted molar refractivity (Wildman–Crippen MR) is 78.0 cm³/mol. The first-order valence-electron chi connectivity index (χ1n) is 7.26. The molecule has 2 fully saturated rings. The maximum Gasteiger partial charge on any atom is 0.0687 e. The van der Waals surface area contributed by atoms with Gasteiger partial charge in [0.2, 0.25) is 0 Å². The lowest BCUT2D eigenvalue weighted by atomic mass is 9.79. The largest absolute Gasteiger partial charge is 0.393 e. The van der Waals surface area contributed by atoms with Crippen LogP contribution in [0.2, 0.25) is 0 Å². The third-order valence-corrected chi connectivity index (χ3v) is 5.57. The van der Waals surface area contributed by atoms with Crippen molar-refractivity contribution in [1.29, 1.82) is 0 Å². The average molecular weight is 272 g/mol. The fraction of sp³-hybridized carbons (Fsp3) is 1.00. The van der Waals surface area contributed by atoms with E-state index in [0.29, 0.717) is 0 Å². The lowest BCUT2D eigenvalue weighted by Gasteiger charge is -2.32.